The van der Waals surface area contributed by atoms with Crippen molar-refractivity contribution in [3.05, 3.63) is 94.3 Å². The van der Waals surface area contributed by atoms with Gasteiger partial charge in [0.25, 0.3) is 0 Å². The lowest BCUT2D eigenvalue weighted by Crippen LogP contribution is -2.05. The molecular formula is C30H24Cl2F3N3O4S. The SMILES string of the molecule is COCCc1nc(-c2cc(-c3cccc(S(C)(=O)=O)c3)ccc2-n2cc(C(F)(F)F)nc2C)c(-c2ccc(Cl)cc2Cl)o1. The number of aromatic nitrogens is 3. The van der Waals surface area contributed by atoms with Crippen molar-refractivity contribution in [3.8, 4) is 39.4 Å². The number of ether oxygens (including phenoxy) is 1. The topological polar surface area (TPSA) is 87.2 Å². The summed E-state index contributed by atoms with van der Waals surface area (Å²) >= 11 is 12.7. The Morgan fingerprint density at radius 1 is 0.977 bits per heavy atom. The van der Waals surface area contributed by atoms with Gasteiger partial charge in [-0.05, 0) is 60.5 Å². The maximum absolute atomic E-state index is 13.6. The van der Waals surface area contributed by atoms with Gasteiger partial charge < -0.3 is 13.7 Å². The Morgan fingerprint density at radius 3 is 2.37 bits per heavy atom. The van der Waals surface area contributed by atoms with E-state index >= 15 is 0 Å². The highest BCUT2D eigenvalue weighted by atomic mass is 35.5. The molecule has 0 amide bonds. The van der Waals surface area contributed by atoms with Crippen LogP contribution in [0, 0.1) is 6.92 Å². The quantitative estimate of drug-likeness (QED) is 0.169. The molecule has 0 unspecified atom stereocenters. The first-order chi connectivity index (χ1) is 20.3. The first kappa shape index (κ1) is 30.8. The van der Waals surface area contributed by atoms with Crippen LogP contribution in [0.3, 0.4) is 0 Å². The molecule has 0 atom stereocenters. The van der Waals surface area contributed by atoms with Crippen molar-refractivity contribution in [2.45, 2.75) is 24.4 Å². The largest absolute Gasteiger partial charge is 0.440 e. The number of nitrogens with zero attached hydrogens (tertiary/aromatic N) is 3. The summed E-state index contributed by atoms with van der Waals surface area (Å²) in [6, 6.07) is 16.2. The van der Waals surface area contributed by atoms with E-state index in [-0.39, 0.29) is 21.5 Å². The van der Waals surface area contributed by atoms with Gasteiger partial charge in [0.15, 0.2) is 27.2 Å². The van der Waals surface area contributed by atoms with Gasteiger partial charge in [0, 0.05) is 42.1 Å². The van der Waals surface area contributed by atoms with Crippen molar-refractivity contribution in [3.63, 3.8) is 0 Å². The second kappa shape index (κ2) is 11.8. The fourth-order valence-electron chi connectivity index (χ4n) is 4.57. The van der Waals surface area contributed by atoms with Crippen molar-refractivity contribution in [1.82, 2.24) is 14.5 Å². The number of sulfone groups is 1. The van der Waals surface area contributed by atoms with E-state index in [1.54, 1.807) is 48.5 Å². The molecule has 224 valence electrons. The Hall–Kier alpha value is -3.64. The molecule has 0 spiro atoms. The molecule has 5 aromatic rings. The number of alkyl halides is 3. The van der Waals surface area contributed by atoms with E-state index < -0.39 is 21.7 Å². The lowest BCUT2D eigenvalue weighted by Gasteiger charge is -2.14. The third-order valence-corrected chi connectivity index (χ3v) is 8.30. The Balaban J connectivity index is 1.80. The summed E-state index contributed by atoms with van der Waals surface area (Å²) in [5, 5.41) is 0.677. The summed E-state index contributed by atoms with van der Waals surface area (Å²) in [7, 11) is -1.97. The lowest BCUT2D eigenvalue weighted by atomic mass is 9.98. The van der Waals surface area contributed by atoms with Crippen molar-refractivity contribution in [2.24, 2.45) is 0 Å². The number of hydrogen-bond donors (Lipinski definition) is 0. The highest BCUT2D eigenvalue weighted by Crippen LogP contribution is 2.42. The Labute approximate surface area is 255 Å². The Bertz CT molecular complexity index is 1940. The summed E-state index contributed by atoms with van der Waals surface area (Å²) < 4.78 is 78.1. The van der Waals surface area contributed by atoms with E-state index in [0.717, 1.165) is 12.5 Å². The number of oxazole rings is 1. The highest BCUT2D eigenvalue weighted by Gasteiger charge is 2.35. The first-order valence-electron chi connectivity index (χ1n) is 12.8. The predicted octanol–water partition coefficient (Wildman–Crippen LogP) is 8.09. The zero-order valence-electron chi connectivity index (χ0n) is 23.0. The van der Waals surface area contributed by atoms with Crippen LogP contribution in [0.5, 0.6) is 0 Å². The zero-order valence-corrected chi connectivity index (χ0v) is 25.4. The van der Waals surface area contributed by atoms with E-state index in [2.05, 4.69) is 4.98 Å². The number of benzene rings is 3. The summed E-state index contributed by atoms with van der Waals surface area (Å²) in [6.07, 6.45) is -2.33. The number of methoxy groups -OCH3 is 1. The van der Waals surface area contributed by atoms with Crippen molar-refractivity contribution >= 4 is 33.0 Å². The number of halogens is 5. The van der Waals surface area contributed by atoms with Gasteiger partial charge in [-0.1, -0.05) is 41.4 Å². The molecule has 5 rings (SSSR count). The van der Waals surface area contributed by atoms with Crippen molar-refractivity contribution in [1.29, 1.82) is 0 Å². The molecule has 0 fully saturated rings. The maximum atomic E-state index is 13.6. The predicted molar refractivity (Wildman–Crippen MR) is 158 cm³/mol. The first-order valence-corrected chi connectivity index (χ1v) is 15.4. The third kappa shape index (κ3) is 6.50. The minimum Gasteiger partial charge on any atom is -0.440 e. The number of hydrogen-bond acceptors (Lipinski definition) is 6. The van der Waals surface area contributed by atoms with Gasteiger partial charge >= 0.3 is 6.18 Å². The molecule has 2 aromatic heterocycles. The van der Waals surface area contributed by atoms with Gasteiger partial charge in [0.05, 0.1) is 22.2 Å². The number of imidazole rings is 1. The zero-order chi connectivity index (χ0) is 31.1. The Morgan fingerprint density at radius 2 is 1.72 bits per heavy atom. The van der Waals surface area contributed by atoms with Crippen molar-refractivity contribution in [2.75, 3.05) is 20.0 Å². The molecule has 0 aliphatic heterocycles. The number of aryl methyl sites for hydroxylation is 1. The van der Waals surface area contributed by atoms with Crippen LogP contribution in [-0.2, 0) is 27.2 Å². The molecule has 0 saturated heterocycles. The summed E-state index contributed by atoms with van der Waals surface area (Å²) in [5.41, 5.74) is 1.60. The molecule has 0 bridgehead atoms. The summed E-state index contributed by atoms with van der Waals surface area (Å²) in [6.45, 7) is 1.76. The maximum Gasteiger partial charge on any atom is 0.434 e. The van der Waals surface area contributed by atoms with Gasteiger partial charge in [0.1, 0.15) is 11.5 Å². The standard InChI is InChI=1S/C30H24Cl2F3N3O4S/c1-17-36-26(30(33,34)35)16-38(17)25-10-7-19(18-5-4-6-21(13-18)43(3,39)40)14-23(25)28-29(42-27(37-28)11-12-41-2)22-9-8-20(31)15-24(22)32/h4-10,13-16H,11-12H2,1-3H3. The monoisotopic (exact) mass is 649 g/mol. The van der Waals surface area contributed by atoms with E-state index in [1.807, 2.05) is 0 Å². The molecule has 7 nitrogen and oxygen atoms in total. The molecule has 0 saturated carbocycles. The van der Waals surface area contributed by atoms with E-state index in [1.165, 1.54) is 30.7 Å². The summed E-state index contributed by atoms with van der Waals surface area (Å²) in [4.78, 5) is 8.59. The second-order valence-electron chi connectivity index (χ2n) is 9.73. The van der Waals surface area contributed by atoms with E-state index in [4.69, 9.17) is 37.3 Å². The minimum atomic E-state index is -4.66. The molecule has 0 aliphatic rings. The minimum absolute atomic E-state index is 0.0922. The third-order valence-electron chi connectivity index (χ3n) is 6.65. The van der Waals surface area contributed by atoms with Crippen LogP contribution in [0.25, 0.3) is 39.4 Å². The van der Waals surface area contributed by atoms with Crippen LogP contribution in [0.4, 0.5) is 13.2 Å². The van der Waals surface area contributed by atoms with Gasteiger partial charge in [0.2, 0.25) is 0 Å². The van der Waals surface area contributed by atoms with Crippen molar-refractivity contribution < 1.29 is 30.7 Å². The smallest absolute Gasteiger partial charge is 0.434 e. The van der Waals surface area contributed by atoms with Crippen LogP contribution < -0.4 is 0 Å². The molecule has 2 heterocycles. The lowest BCUT2D eigenvalue weighted by molar-refractivity contribution is -0.141. The van der Waals surface area contributed by atoms with E-state index in [9.17, 15) is 21.6 Å². The van der Waals surface area contributed by atoms with Crippen LogP contribution in [0.15, 0.2) is 76.2 Å². The van der Waals surface area contributed by atoms with Gasteiger partial charge in [-0.3, -0.25) is 0 Å². The van der Waals surface area contributed by atoms with Crippen LogP contribution in [0.2, 0.25) is 10.0 Å². The fraction of sp³-hybridized carbons (Fsp3) is 0.200. The molecular weight excluding hydrogens is 626 g/mol. The average Bonchev–Trinajstić information content (AvgIpc) is 3.55. The Kier molecular flexibility index (Phi) is 8.45. The number of rotatable bonds is 8. The molecule has 0 N–H and O–H groups in total. The molecule has 0 aliphatic carbocycles. The molecule has 13 heteroatoms. The molecule has 3 aromatic carbocycles. The molecule has 43 heavy (non-hydrogen) atoms. The van der Waals surface area contributed by atoms with Crippen LogP contribution in [-0.4, -0.2) is 42.9 Å². The second-order valence-corrected chi connectivity index (χ2v) is 12.6. The van der Waals surface area contributed by atoms with Gasteiger partial charge in [-0.25, -0.2) is 18.4 Å². The molecule has 0 radical (unpaired) electrons. The van der Waals surface area contributed by atoms with Gasteiger partial charge in [-0.2, -0.15) is 13.2 Å². The van der Waals surface area contributed by atoms with Crippen LogP contribution in [0.1, 0.15) is 17.4 Å². The fourth-order valence-corrected chi connectivity index (χ4v) is 5.74. The summed E-state index contributed by atoms with van der Waals surface area (Å²) in [5.74, 6) is 0.672. The highest BCUT2D eigenvalue weighted by molar-refractivity contribution is 7.90. The van der Waals surface area contributed by atoms with E-state index in [0.29, 0.717) is 57.6 Å². The van der Waals surface area contributed by atoms with Crippen LogP contribution >= 0.6 is 23.2 Å². The normalized spacial score (nSPS) is 12.2. The van der Waals surface area contributed by atoms with Gasteiger partial charge in [-0.15, -0.1) is 0 Å². The average molecular weight is 651 g/mol.